The Labute approximate surface area is 174 Å². The molecule has 2 aromatic carbocycles. The Hall–Kier alpha value is -2.77. The largest absolute Gasteiger partial charge is 0.365 e. The van der Waals surface area contributed by atoms with Crippen LogP contribution >= 0.6 is 0 Å². The minimum Gasteiger partial charge on any atom is -0.365 e. The van der Waals surface area contributed by atoms with Crippen LogP contribution in [-0.2, 0) is 29.8 Å². The maximum atomic E-state index is 11.8. The number of nitrogens with one attached hydrogen (secondary N) is 2. The van der Waals surface area contributed by atoms with E-state index in [-0.39, 0.29) is 23.5 Å². The smallest absolute Gasteiger partial charge is 0.295 e. The Kier molecular flexibility index (Phi) is 7.34. The third kappa shape index (κ3) is 6.37. The second-order valence-corrected chi connectivity index (χ2v) is 8.86. The molecule has 0 atom stereocenters. The van der Waals surface area contributed by atoms with Gasteiger partial charge in [-0.15, -0.1) is 0 Å². The number of hydrogen-bond acceptors (Lipinski definition) is 7. The average Bonchev–Trinajstić information content (AvgIpc) is 2.63. The maximum Gasteiger partial charge on any atom is 0.295 e. The van der Waals surface area contributed by atoms with Crippen molar-refractivity contribution in [3.63, 3.8) is 0 Å². The van der Waals surface area contributed by atoms with Gasteiger partial charge in [0.05, 0.1) is 0 Å². The highest BCUT2D eigenvalue weighted by atomic mass is 32.2. The van der Waals surface area contributed by atoms with E-state index < -0.39 is 35.9 Å². The van der Waals surface area contributed by atoms with Gasteiger partial charge in [0.25, 0.3) is 20.2 Å². The molecule has 0 aromatic heterocycles. The fraction of sp³-hybridized carbons (Fsp3) is 0.167. The molecule has 10 nitrogen and oxygen atoms in total. The van der Waals surface area contributed by atoms with Crippen LogP contribution in [0, 0.1) is 0 Å². The lowest BCUT2D eigenvalue weighted by Gasteiger charge is -2.10. The summed E-state index contributed by atoms with van der Waals surface area (Å²) < 4.78 is 70.8. The lowest BCUT2D eigenvalue weighted by Crippen LogP contribution is -2.08. The Morgan fingerprint density at radius 3 is 1.83 bits per heavy atom. The zero-order valence-electron chi connectivity index (χ0n) is 16.0. The van der Waals surface area contributed by atoms with Gasteiger partial charge in [0.15, 0.2) is 0 Å². The van der Waals surface area contributed by atoms with E-state index in [0.29, 0.717) is 5.69 Å². The molecule has 12 heteroatoms. The molecule has 162 valence electrons. The lowest BCUT2D eigenvalue weighted by atomic mass is 10.1. The van der Waals surface area contributed by atoms with Gasteiger partial charge in [-0.2, -0.15) is 16.8 Å². The van der Waals surface area contributed by atoms with Crippen molar-refractivity contribution in [3.8, 4) is 0 Å². The second kappa shape index (κ2) is 9.36. The number of carbonyl (C=O) groups excluding carboxylic acids is 1. The van der Waals surface area contributed by atoms with Gasteiger partial charge in [-0.3, -0.25) is 13.9 Å². The third-order valence-corrected chi connectivity index (χ3v) is 5.59. The number of rotatable bonds is 8. The SMILES string of the molecule is COCNc1ccc(C=Cc2ccc(NC(C)=O)cc2S(=O)(=O)O)c(S(=O)(=O)O)c1. The molecular weight excluding hydrogens is 436 g/mol. The average molecular weight is 456 g/mol. The summed E-state index contributed by atoms with van der Waals surface area (Å²) in [7, 11) is -7.79. The van der Waals surface area contributed by atoms with Crippen molar-refractivity contribution in [2.75, 3.05) is 24.5 Å². The van der Waals surface area contributed by atoms with E-state index >= 15 is 0 Å². The van der Waals surface area contributed by atoms with E-state index in [0.717, 1.165) is 6.07 Å². The molecule has 30 heavy (non-hydrogen) atoms. The van der Waals surface area contributed by atoms with Crippen LogP contribution in [0.1, 0.15) is 18.1 Å². The molecule has 0 radical (unpaired) electrons. The molecule has 0 fully saturated rings. The molecule has 0 aliphatic heterocycles. The number of carbonyl (C=O) groups is 1. The van der Waals surface area contributed by atoms with Crippen molar-refractivity contribution in [3.05, 3.63) is 47.5 Å². The number of amides is 1. The number of benzene rings is 2. The number of anilines is 2. The Balaban J connectivity index is 2.52. The van der Waals surface area contributed by atoms with E-state index in [1.807, 2.05) is 0 Å². The molecule has 0 saturated heterocycles. The first kappa shape index (κ1) is 23.5. The van der Waals surface area contributed by atoms with Gasteiger partial charge >= 0.3 is 0 Å². The minimum atomic E-state index is -4.65. The van der Waals surface area contributed by atoms with Crippen LogP contribution in [0.25, 0.3) is 12.2 Å². The molecule has 0 heterocycles. The van der Waals surface area contributed by atoms with Gasteiger partial charge in [-0.1, -0.05) is 24.3 Å². The normalized spacial score (nSPS) is 12.1. The molecule has 2 rings (SSSR count). The summed E-state index contributed by atoms with van der Waals surface area (Å²) in [6.07, 6.45) is 2.53. The van der Waals surface area contributed by atoms with Crippen LogP contribution in [0.4, 0.5) is 11.4 Å². The van der Waals surface area contributed by atoms with E-state index in [2.05, 4.69) is 10.6 Å². The molecule has 0 spiro atoms. The van der Waals surface area contributed by atoms with Gasteiger partial charge in [-0.25, -0.2) is 0 Å². The molecule has 2 aromatic rings. The zero-order chi connectivity index (χ0) is 22.5. The van der Waals surface area contributed by atoms with Crippen molar-refractivity contribution in [2.24, 2.45) is 0 Å². The van der Waals surface area contributed by atoms with Crippen molar-refractivity contribution in [2.45, 2.75) is 16.7 Å². The van der Waals surface area contributed by atoms with E-state index in [1.165, 1.54) is 56.5 Å². The van der Waals surface area contributed by atoms with Gasteiger partial charge < -0.3 is 15.4 Å². The fourth-order valence-electron chi connectivity index (χ4n) is 2.52. The highest BCUT2D eigenvalue weighted by Crippen LogP contribution is 2.26. The van der Waals surface area contributed by atoms with Crippen molar-refractivity contribution < 1.29 is 35.5 Å². The van der Waals surface area contributed by atoms with Gasteiger partial charge in [0.1, 0.15) is 16.5 Å². The Morgan fingerprint density at radius 1 is 0.933 bits per heavy atom. The molecule has 0 aliphatic carbocycles. The summed E-state index contributed by atoms with van der Waals surface area (Å²) in [5.41, 5.74) is 0.640. The van der Waals surface area contributed by atoms with E-state index in [1.54, 1.807) is 0 Å². The molecule has 0 saturated carbocycles. The minimum absolute atomic E-state index is 0.0366. The second-order valence-electron chi connectivity index (χ2n) is 6.08. The summed E-state index contributed by atoms with van der Waals surface area (Å²) in [6, 6.07) is 7.94. The van der Waals surface area contributed by atoms with Crippen LogP contribution in [-0.4, -0.2) is 45.7 Å². The zero-order valence-corrected chi connectivity index (χ0v) is 17.6. The van der Waals surface area contributed by atoms with Crippen LogP contribution in [0.15, 0.2) is 46.2 Å². The predicted molar refractivity (Wildman–Crippen MR) is 111 cm³/mol. The first-order chi connectivity index (χ1) is 13.9. The Morgan fingerprint density at radius 2 is 1.40 bits per heavy atom. The fourth-order valence-corrected chi connectivity index (χ4v) is 3.94. The highest BCUT2D eigenvalue weighted by Gasteiger charge is 2.17. The summed E-state index contributed by atoms with van der Waals surface area (Å²) >= 11 is 0. The lowest BCUT2D eigenvalue weighted by molar-refractivity contribution is -0.114. The summed E-state index contributed by atoms with van der Waals surface area (Å²) in [5, 5.41) is 5.19. The Bertz CT molecular complexity index is 1190. The van der Waals surface area contributed by atoms with Crippen molar-refractivity contribution in [1.82, 2.24) is 0 Å². The van der Waals surface area contributed by atoms with Crippen LogP contribution < -0.4 is 10.6 Å². The standard InChI is InChI=1S/C18H20N2O8S2/c1-12(21)20-16-8-6-14(18(10-16)30(25,26)27)4-3-13-5-7-15(19-11-28-2)9-17(13)29(22,23)24/h3-10,19H,11H2,1-2H3,(H,20,21)(H,22,23,24)(H,25,26,27). The molecule has 0 aliphatic rings. The maximum absolute atomic E-state index is 11.8. The molecule has 0 bridgehead atoms. The molecule has 0 unspecified atom stereocenters. The van der Waals surface area contributed by atoms with E-state index in [9.17, 15) is 30.7 Å². The quantitative estimate of drug-likeness (QED) is 0.265. The van der Waals surface area contributed by atoms with Crippen molar-refractivity contribution in [1.29, 1.82) is 0 Å². The van der Waals surface area contributed by atoms with Crippen LogP contribution in [0.2, 0.25) is 0 Å². The molecular formula is C18H20N2O8S2. The van der Waals surface area contributed by atoms with Gasteiger partial charge in [-0.05, 0) is 35.4 Å². The molecule has 1 amide bonds. The predicted octanol–water partition coefficient (Wildman–Crippen LogP) is 2.32. The number of hydrogen-bond donors (Lipinski definition) is 4. The number of ether oxygens (including phenoxy) is 1. The van der Waals surface area contributed by atoms with E-state index in [4.69, 9.17) is 4.74 Å². The van der Waals surface area contributed by atoms with Crippen LogP contribution in [0.5, 0.6) is 0 Å². The first-order valence-electron chi connectivity index (χ1n) is 8.33. The summed E-state index contributed by atoms with van der Waals surface area (Å²) in [5.74, 6) is -0.431. The summed E-state index contributed by atoms with van der Waals surface area (Å²) in [4.78, 5) is 10.3. The highest BCUT2D eigenvalue weighted by molar-refractivity contribution is 7.86. The first-order valence-corrected chi connectivity index (χ1v) is 11.2. The van der Waals surface area contributed by atoms with Crippen LogP contribution in [0.3, 0.4) is 0 Å². The number of methoxy groups -OCH3 is 1. The van der Waals surface area contributed by atoms with Gasteiger partial charge in [0, 0.05) is 25.4 Å². The summed E-state index contributed by atoms with van der Waals surface area (Å²) in [6.45, 7) is 1.35. The topological polar surface area (TPSA) is 159 Å². The third-order valence-electron chi connectivity index (χ3n) is 3.77. The van der Waals surface area contributed by atoms with Crippen molar-refractivity contribution >= 4 is 49.7 Å². The molecule has 4 N–H and O–H groups in total. The monoisotopic (exact) mass is 456 g/mol. The van der Waals surface area contributed by atoms with Gasteiger partial charge in [0.2, 0.25) is 5.91 Å².